The van der Waals surface area contributed by atoms with Crippen LogP contribution in [-0.4, -0.2) is 31.1 Å². The standard InChI is InChI=1S/C14H20N2/c1-15-12-7-9-16-8-6-11-4-2-3-5-13(11)14(16)10-12/h2-5,12,14-15H,6-10H2,1H3/t12-,14+/m0/s1. The van der Waals surface area contributed by atoms with E-state index in [1.807, 2.05) is 0 Å². The van der Waals surface area contributed by atoms with Crippen LogP contribution in [-0.2, 0) is 6.42 Å². The molecule has 0 bridgehead atoms. The quantitative estimate of drug-likeness (QED) is 0.772. The van der Waals surface area contributed by atoms with Gasteiger partial charge in [-0.05, 0) is 37.4 Å². The van der Waals surface area contributed by atoms with Crippen LogP contribution in [0.15, 0.2) is 24.3 Å². The summed E-state index contributed by atoms with van der Waals surface area (Å²) in [6, 6.07) is 10.3. The summed E-state index contributed by atoms with van der Waals surface area (Å²) in [4.78, 5) is 2.66. The highest BCUT2D eigenvalue weighted by molar-refractivity contribution is 5.33. The molecule has 2 aliphatic heterocycles. The average molecular weight is 216 g/mol. The molecule has 0 saturated carbocycles. The first kappa shape index (κ1) is 10.3. The van der Waals surface area contributed by atoms with E-state index in [9.17, 15) is 0 Å². The van der Waals surface area contributed by atoms with E-state index in [2.05, 4.69) is 41.5 Å². The van der Waals surface area contributed by atoms with Crippen molar-refractivity contribution in [1.29, 1.82) is 0 Å². The van der Waals surface area contributed by atoms with Crippen LogP contribution >= 0.6 is 0 Å². The number of nitrogens with one attached hydrogen (secondary N) is 1. The Morgan fingerprint density at radius 1 is 1.25 bits per heavy atom. The molecule has 16 heavy (non-hydrogen) atoms. The third-order valence-corrected chi connectivity index (χ3v) is 4.20. The molecule has 2 nitrogen and oxygen atoms in total. The van der Waals surface area contributed by atoms with Gasteiger partial charge in [-0.1, -0.05) is 24.3 Å². The molecule has 0 radical (unpaired) electrons. The second kappa shape index (κ2) is 4.19. The normalized spacial score (nSPS) is 29.6. The Morgan fingerprint density at radius 3 is 3.00 bits per heavy atom. The van der Waals surface area contributed by atoms with E-state index < -0.39 is 0 Å². The molecule has 3 rings (SSSR count). The predicted octanol–water partition coefficient (Wildman–Crippen LogP) is 1.97. The molecule has 2 atom stereocenters. The average Bonchev–Trinajstić information content (AvgIpc) is 2.38. The highest BCUT2D eigenvalue weighted by atomic mass is 15.2. The summed E-state index contributed by atoms with van der Waals surface area (Å²) in [6.07, 6.45) is 3.81. The van der Waals surface area contributed by atoms with Crippen molar-refractivity contribution < 1.29 is 0 Å². The zero-order valence-electron chi connectivity index (χ0n) is 9.95. The second-order valence-corrected chi connectivity index (χ2v) is 5.01. The van der Waals surface area contributed by atoms with Gasteiger partial charge >= 0.3 is 0 Å². The number of piperidine rings is 1. The monoisotopic (exact) mass is 216 g/mol. The molecule has 1 N–H and O–H groups in total. The smallest absolute Gasteiger partial charge is 0.0365 e. The molecule has 2 aliphatic rings. The molecule has 0 unspecified atom stereocenters. The van der Waals surface area contributed by atoms with Crippen LogP contribution in [0.5, 0.6) is 0 Å². The largest absolute Gasteiger partial charge is 0.317 e. The molecule has 0 aliphatic carbocycles. The fourth-order valence-electron chi connectivity index (χ4n) is 3.22. The Bertz CT molecular complexity index is 375. The van der Waals surface area contributed by atoms with Gasteiger partial charge in [0.05, 0.1) is 0 Å². The van der Waals surface area contributed by atoms with E-state index in [4.69, 9.17) is 0 Å². The van der Waals surface area contributed by atoms with E-state index in [1.165, 1.54) is 32.4 Å². The molecule has 0 aromatic heterocycles. The lowest BCUT2D eigenvalue weighted by atomic mass is 9.85. The van der Waals surface area contributed by atoms with Crippen molar-refractivity contribution in [2.24, 2.45) is 0 Å². The Labute approximate surface area is 97.6 Å². The van der Waals surface area contributed by atoms with E-state index in [0.29, 0.717) is 12.1 Å². The molecule has 86 valence electrons. The van der Waals surface area contributed by atoms with Crippen LogP contribution in [0.3, 0.4) is 0 Å². The maximum Gasteiger partial charge on any atom is 0.0365 e. The van der Waals surface area contributed by atoms with Crippen LogP contribution in [0.2, 0.25) is 0 Å². The zero-order valence-corrected chi connectivity index (χ0v) is 9.95. The van der Waals surface area contributed by atoms with Crippen LogP contribution in [0.4, 0.5) is 0 Å². The number of fused-ring (bicyclic) bond motifs is 3. The van der Waals surface area contributed by atoms with E-state index in [0.717, 1.165) is 0 Å². The van der Waals surface area contributed by atoms with Crippen molar-refractivity contribution in [1.82, 2.24) is 10.2 Å². The Balaban J connectivity index is 1.90. The van der Waals surface area contributed by atoms with Gasteiger partial charge in [-0.25, -0.2) is 0 Å². The van der Waals surface area contributed by atoms with Crippen molar-refractivity contribution in [3.05, 3.63) is 35.4 Å². The minimum atomic E-state index is 0.663. The first-order chi connectivity index (χ1) is 7.88. The number of hydrogen-bond acceptors (Lipinski definition) is 2. The Kier molecular flexibility index (Phi) is 2.70. The highest BCUT2D eigenvalue weighted by Gasteiger charge is 2.32. The number of rotatable bonds is 1. The third kappa shape index (κ3) is 1.66. The van der Waals surface area contributed by atoms with Gasteiger partial charge in [0.25, 0.3) is 0 Å². The SMILES string of the molecule is CN[C@H]1CCN2CCc3ccccc3[C@H]2C1. The van der Waals surface area contributed by atoms with Gasteiger partial charge in [-0.15, -0.1) is 0 Å². The van der Waals surface area contributed by atoms with Crippen molar-refractivity contribution in [3.63, 3.8) is 0 Å². The predicted molar refractivity (Wildman–Crippen MR) is 66.5 cm³/mol. The zero-order chi connectivity index (χ0) is 11.0. The van der Waals surface area contributed by atoms with Gasteiger partial charge in [0.2, 0.25) is 0 Å². The fourth-order valence-corrected chi connectivity index (χ4v) is 3.22. The van der Waals surface area contributed by atoms with Crippen molar-refractivity contribution >= 4 is 0 Å². The lowest BCUT2D eigenvalue weighted by molar-refractivity contribution is 0.118. The van der Waals surface area contributed by atoms with Gasteiger partial charge in [-0.3, -0.25) is 4.90 Å². The summed E-state index contributed by atoms with van der Waals surface area (Å²) in [7, 11) is 2.09. The van der Waals surface area contributed by atoms with Gasteiger partial charge in [0.1, 0.15) is 0 Å². The van der Waals surface area contributed by atoms with Gasteiger partial charge in [0, 0.05) is 25.2 Å². The van der Waals surface area contributed by atoms with Crippen molar-refractivity contribution in [2.45, 2.75) is 31.3 Å². The topological polar surface area (TPSA) is 15.3 Å². The summed E-state index contributed by atoms with van der Waals surface area (Å²) in [6.45, 7) is 2.50. The van der Waals surface area contributed by atoms with Crippen LogP contribution < -0.4 is 5.32 Å². The molecule has 1 saturated heterocycles. The van der Waals surface area contributed by atoms with Gasteiger partial charge < -0.3 is 5.32 Å². The van der Waals surface area contributed by atoms with Gasteiger partial charge in [-0.2, -0.15) is 0 Å². The minimum absolute atomic E-state index is 0.663. The third-order valence-electron chi connectivity index (χ3n) is 4.20. The lowest BCUT2D eigenvalue weighted by Crippen LogP contribution is -2.46. The van der Waals surface area contributed by atoms with Crippen LogP contribution in [0.25, 0.3) is 0 Å². The summed E-state index contributed by atoms with van der Waals surface area (Å²) in [5, 5.41) is 3.44. The highest BCUT2D eigenvalue weighted by Crippen LogP contribution is 2.36. The van der Waals surface area contributed by atoms with E-state index in [1.54, 1.807) is 11.1 Å². The maximum atomic E-state index is 3.44. The Morgan fingerprint density at radius 2 is 2.12 bits per heavy atom. The Hall–Kier alpha value is -0.860. The summed E-state index contributed by atoms with van der Waals surface area (Å²) < 4.78 is 0. The lowest BCUT2D eigenvalue weighted by Gasteiger charge is -2.43. The number of hydrogen-bond donors (Lipinski definition) is 1. The molecule has 1 fully saturated rings. The van der Waals surface area contributed by atoms with Crippen molar-refractivity contribution in [2.75, 3.05) is 20.1 Å². The summed E-state index contributed by atoms with van der Waals surface area (Å²) >= 11 is 0. The van der Waals surface area contributed by atoms with Gasteiger partial charge in [0.15, 0.2) is 0 Å². The molecule has 1 aromatic carbocycles. The molecule has 1 aromatic rings. The van der Waals surface area contributed by atoms with Crippen LogP contribution in [0, 0.1) is 0 Å². The molecule has 2 heteroatoms. The fraction of sp³-hybridized carbons (Fsp3) is 0.571. The summed E-state index contributed by atoms with van der Waals surface area (Å²) in [5.74, 6) is 0. The molecular formula is C14H20N2. The van der Waals surface area contributed by atoms with Crippen molar-refractivity contribution in [3.8, 4) is 0 Å². The maximum absolute atomic E-state index is 3.44. The first-order valence-electron chi connectivity index (χ1n) is 6.37. The first-order valence-corrected chi connectivity index (χ1v) is 6.37. The molecule has 2 heterocycles. The number of nitrogens with zero attached hydrogens (tertiary/aromatic N) is 1. The minimum Gasteiger partial charge on any atom is -0.317 e. The van der Waals surface area contributed by atoms with E-state index in [-0.39, 0.29) is 0 Å². The van der Waals surface area contributed by atoms with Crippen LogP contribution in [0.1, 0.15) is 30.0 Å². The molecule has 0 spiro atoms. The summed E-state index contributed by atoms with van der Waals surface area (Å²) in [5.41, 5.74) is 3.15. The second-order valence-electron chi connectivity index (χ2n) is 5.01. The molecule has 0 amide bonds. The molecular weight excluding hydrogens is 196 g/mol. The van der Waals surface area contributed by atoms with E-state index >= 15 is 0 Å². The number of benzene rings is 1.